The molecule has 0 aliphatic carbocycles. The van der Waals surface area contributed by atoms with Crippen LogP contribution in [0.4, 0.5) is 0 Å². The first kappa shape index (κ1) is 20.7. The highest BCUT2D eigenvalue weighted by Crippen LogP contribution is 2.41. The Morgan fingerprint density at radius 3 is 2.75 bits per heavy atom. The SMILES string of the molecule is Cc1c(Cl)cccc1-c1ccc([C@H]2[C@@H](c3ccccn3)NC(=S)N2Cc2cccnc2)o1. The van der Waals surface area contributed by atoms with Gasteiger partial charge in [0.2, 0.25) is 0 Å². The Hall–Kier alpha value is -3.22. The number of benzene rings is 1. The second kappa shape index (κ2) is 8.73. The monoisotopic (exact) mass is 460 g/mol. The van der Waals surface area contributed by atoms with Crippen LogP contribution in [0, 0.1) is 6.92 Å². The molecule has 4 aromatic rings. The van der Waals surface area contributed by atoms with Crippen molar-refractivity contribution in [3.63, 3.8) is 0 Å². The van der Waals surface area contributed by atoms with Gasteiger partial charge in [-0.05, 0) is 66.7 Å². The first-order valence-electron chi connectivity index (χ1n) is 10.3. The number of nitrogens with zero attached hydrogens (tertiary/aromatic N) is 3. The lowest BCUT2D eigenvalue weighted by Crippen LogP contribution is -2.29. The summed E-state index contributed by atoms with van der Waals surface area (Å²) >= 11 is 12.1. The maximum Gasteiger partial charge on any atom is 0.170 e. The van der Waals surface area contributed by atoms with Crippen LogP contribution in [0.2, 0.25) is 5.02 Å². The van der Waals surface area contributed by atoms with Crippen molar-refractivity contribution in [3.05, 3.63) is 107 Å². The molecule has 1 aliphatic heterocycles. The minimum atomic E-state index is -0.161. The van der Waals surface area contributed by atoms with Gasteiger partial charge in [-0.2, -0.15) is 0 Å². The molecule has 0 radical (unpaired) electrons. The molecule has 32 heavy (non-hydrogen) atoms. The molecule has 1 aliphatic rings. The summed E-state index contributed by atoms with van der Waals surface area (Å²) in [5.41, 5.74) is 3.94. The highest BCUT2D eigenvalue weighted by Gasteiger charge is 2.41. The fraction of sp³-hybridized carbons (Fsp3) is 0.160. The van der Waals surface area contributed by atoms with Crippen molar-refractivity contribution >= 4 is 28.9 Å². The third-order valence-corrected chi connectivity index (χ3v) is 6.49. The average Bonchev–Trinajstić information content (AvgIpc) is 3.42. The van der Waals surface area contributed by atoms with Gasteiger partial charge >= 0.3 is 0 Å². The lowest BCUT2D eigenvalue weighted by atomic mass is 10.0. The molecular weight excluding hydrogens is 440 g/mol. The van der Waals surface area contributed by atoms with Gasteiger partial charge in [0.15, 0.2) is 5.11 Å². The Morgan fingerprint density at radius 1 is 1.06 bits per heavy atom. The van der Waals surface area contributed by atoms with Crippen molar-refractivity contribution in [2.75, 3.05) is 0 Å². The van der Waals surface area contributed by atoms with Crippen LogP contribution in [0.1, 0.15) is 34.7 Å². The molecule has 7 heteroatoms. The average molecular weight is 461 g/mol. The summed E-state index contributed by atoms with van der Waals surface area (Å²) in [5, 5.41) is 4.83. The summed E-state index contributed by atoms with van der Waals surface area (Å²) in [6.07, 6.45) is 5.42. The Balaban J connectivity index is 1.56. The summed E-state index contributed by atoms with van der Waals surface area (Å²) in [6.45, 7) is 2.61. The standard InChI is InChI=1S/C25H21ClN4OS/c1-16-18(7-4-8-19(16)26)21-10-11-22(31-21)24-23(20-9-2-3-13-28-20)29-25(32)30(24)15-17-6-5-12-27-14-17/h2-14,23-24H,15H2,1H3,(H,29,32)/t23-,24+/m1/s1. The number of hydrogen-bond acceptors (Lipinski definition) is 4. The van der Waals surface area contributed by atoms with E-state index in [0.29, 0.717) is 16.7 Å². The lowest BCUT2D eigenvalue weighted by Gasteiger charge is -2.26. The molecule has 1 aromatic carbocycles. The van der Waals surface area contributed by atoms with Gasteiger partial charge in [-0.15, -0.1) is 0 Å². The molecule has 0 bridgehead atoms. The van der Waals surface area contributed by atoms with E-state index >= 15 is 0 Å². The van der Waals surface area contributed by atoms with Gasteiger partial charge in [0.1, 0.15) is 17.6 Å². The molecule has 4 heterocycles. The highest BCUT2D eigenvalue weighted by molar-refractivity contribution is 7.80. The van der Waals surface area contributed by atoms with Gasteiger partial charge in [-0.3, -0.25) is 9.97 Å². The second-order valence-electron chi connectivity index (χ2n) is 7.73. The number of aromatic nitrogens is 2. The first-order chi connectivity index (χ1) is 15.6. The van der Waals surface area contributed by atoms with Crippen LogP contribution in [0.15, 0.2) is 83.7 Å². The summed E-state index contributed by atoms with van der Waals surface area (Å²) in [6, 6.07) is 19.4. The maximum absolute atomic E-state index is 6.41. The van der Waals surface area contributed by atoms with E-state index in [9.17, 15) is 0 Å². The third-order valence-electron chi connectivity index (χ3n) is 5.72. The van der Waals surface area contributed by atoms with Gasteiger partial charge in [0, 0.05) is 35.7 Å². The van der Waals surface area contributed by atoms with E-state index in [1.54, 1.807) is 12.4 Å². The molecule has 2 atom stereocenters. The van der Waals surface area contributed by atoms with Gasteiger partial charge in [-0.25, -0.2) is 0 Å². The van der Waals surface area contributed by atoms with Crippen LogP contribution < -0.4 is 5.32 Å². The summed E-state index contributed by atoms with van der Waals surface area (Å²) in [4.78, 5) is 11.0. The number of rotatable bonds is 5. The van der Waals surface area contributed by atoms with Crippen molar-refractivity contribution < 1.29 is 4.42 Å². The Morgan fingerprint density at radius 2 is 1.97 bits per heavy atom. The number of halogens is 1. The van der Waals surface area contributed by atoms with Crippen molar-refractivity contribution in [1.29, 1.82) is 0 Å². The summed E-state index contributed by atoms with van der Waals surface area (Å²) in [7, 11) is 0. The minimum absolute atomic E-state index is 0.139. The molecule has 5 rings (SSSR count). The van der Waals surface area contributed by atoms with E-state index < -0.39 is 0 Å². The van der Waals surface area contributed by atoms with E-state index in [0.717, 1.165) is 33.9 Å². The maximum atomic E-state index is 6.41. The predicted molar refractivity (Wildman–Crippen MR) is 129 cm³/mol. The van der Waals surface area contributed by atoms with E-state index in [1.807, 2.05) is 73.8 Å². The van der Waals surface area contributed by atoms with Crippen molar-refractivity contribution in [2.24, 2.45) is 0 Å². The van der Waals surface area contributed by atoms with Crippen LogP contribution in [0.25, 0.3) is 11.3 Å². The number of nitrogens with one attached hydrogen (secondary N) is 1. The molecular formula is C25H21ClN4OS. The molecule has 3 aromatic heterocycles. The Kier molecular flexibility index (Phi) is 5.64. The van der Waals surface area contributed by atoms with Crippen LogP contribution >= 0.6 is 23.8 Å². The fourth-order valence-corrected chi connectivity index (χ4v) is 4.58. The molecule has 0 unspecified atom stereocenters. The molecule has 1 saturated heterocycles. The van der Waals surface area contributed by atoms with Crippen molar-refractivity contribution in [2.45, 2.75) is 25.6 Å². The van der Waals surface area contributed by atoms with E-state index in [-0.39, 0.29) is 12.1 Å². The van der Waals surface area contributed by atoms with E-state index in [1.165, 1.54) is 0 Å². The zero-order chi connectivity index (χ0) is 22.1. The van der Waals surface area contributed by atoms with Crippen LogP contribution in [0.5, 0.6) is 0 Å². The number of thiocarbonyl (C=S) groups is 1. The van der Waals surface area contributed by atoms with Crippen LogP contribution in [0.3, 0.4) is 0 Å². The van der Waals surface area contributed by atoms with Gasteiger partial charge < -0.3 is 14.6 Å². The largest absolute Gasteiger partial charge is 0.459 e. The highest BCUT2D eigenvalue weighted by atomic mass is 35.5. The number of pyridine rings is 2. The molecule has 1 N–H and O–H groups in total. The topological polar surface area (TPSA) is 54.2 Å². The van der Waals surface area contributed by atoms with Gasteiger partial charge in [-0.1, -0.05) is 35.9 Å². The molecule has 5 nitrogen and oxygen atoms in total. The molecule has 160 valence electrons. The second-order valence-corrected chi connectivity index (χ2v) is 8.52. The Bertz CT molecular complexity index is 1250. The molecule has 0 saturated carbocycles. The van der Waals surface area contributed by atoms with E-state index in [2.05, 4.69) is 20.2 Å². The number of furan rings is 1. The first-order valence-corrected chi connectivity index (χ1v) is 11.1. The molecule has 1 fully saturated rings. The molecule has 0 amide bonds. The smallest absolute Gasteiger partial charge is 0.170 e. The van der Waals surface area contributed by atoms with Crippen LogP contribution in [-0.4, -0.2) is 20.0 Å². The van der Waals surface area contributed by atoms with E-state index in [4.69, 9.17) is 28.2 Å². The van der Waals surface area contributed by atoms with Crippen LogP contribution in [-0.2, 0) is 6.54 Å². The summed E-state index contributed by atoms with van der Waals surface area (Å²) in [5.74, 6) is 1.59. The third kappa shape index (κ3) is 3.87. The van der Waals surface area contributed by atoms with Crippen molar-refractivity contribution in [3.8, 4) is 11.3 Å². The minimum Gasteiger partial charge on any atom is -0.459 e. The van der Waals surface area contributed by atoms with Gasteiger partial charge in [0.25, 0.3) is 0 Å². The lowest BCUT2D eigenvalue weighted by molar-refractivity contribution is 0.269. The zero-order valence-electron chi connectivity index (χ0n) is 17.4. The predicted octanol–water partition coefficient (Wildman–Crippen LogP) is 5.87. The normalized spacial score (nSPS) is 18.1. The number of hydrogen-bond donors (Lipinski definition) is 1. The fourth-order valence-electron chi connectivity index (χ4n) is 4.10. The zero-order valence-corrected chi connectivity index (χ0v) is 19.0. The Labute approximate surface area is 197 Å². The summed E-state index contributed by atoms with van der Waals surface area (Å²) < 4.78 is 6.41. The quantitative estimate of drug-likeness (QED) is 0.376. The van der Waals surface area contributed by atoms with Crippen molar-refractivity contribution in [1.82, 2.24) is 20.2 Å². The van der Waals surface area contributed by atoms with Gasteiger partial charge in [0.05, 0.1) is 11.7 Å². The molecule has 0 spiro atoms.